The van der Waals surface area contributed by atoms with Crippen LogP contribution < -0.4 is 4.90 Å². The van der Waals surface area contributed by atoms with E-state index in [1.807, 2.05) is 27.7 Å². The van der Waals surface area contributed by atoms with Crippen molar-refractivity contribution in [3.8, 4) is 0 Å². The molecule has 1 amide bonds. The zero-order valence-electron chi connectivity index (χ0n) is 13.8. The Morgan fingerprint density at radius 1 is 1.59 bits per heavy atom. The summed E-state index contributed by atoms with van der Waals surface area (Å²) in [5, 5.41) is 4.35. The van der Waals surface area contributed by atoms with Crippen LogP contribution in [0.1, 0.15) is 33.4 Å². The summed E-state index contributed by atoms with van der Waals surface area (Å²) >= 11 is 0. The van der Waals surface area contributed by atoms with Gasteiger partial charge in [0.05, 0.1) is 23.8 Å². The van der Waals surface area contributed by atoms with E-state index in [0.29, 0.717) is 12.2 Å². The first-order chi connectivity index (χ1) is 10.3. The molecule has 1 heterocycles. The van der Waals surface area contributed by atoms with Gasteiger partial charge in [0.25, 0.3) is 0 Å². The molecule has 1 aromatic heterocycles. The summed E-state index contributed by atoms with van der Waals surface area (Å²) in [6.45, 7) is 13.0. The van der Waals surface area contributed by atoms with Crippen LogP contribution in [0.2, 0.25) is 0 Å². The van der Waals surface area contributed by atoms with Gasteiger partial charge in [-0.25, -0.2) is 9.07 Å². The number of hydrogen-bond acceptors (Lipinski definition) is 3. The Bertz CT molecular complexity index is 614. The maximum absolute atomic E-state index is 13.5. The highest BCUT2D eigenvalue weighted by Gasteiger charge is 2.21. The predicted octanol–water partition coefficient (Wildman–Crippen LogP) is 3.57. The number of carbonyl (C=O) groups is 1. The first kappa shape index (κ1) is 17.8. The highest BCUT2D eigenvalue weighted by atomic mass is 19.1. The van der Waals surface area contributed by atoms with Gasteiger partial charge in [0.2, 0.25) is 5.91 Å². The topological polar surface area (TPSA) is 50.5 Å². The average Bonchev–Trinajstić information content (AvgIpc) is 2.82. The Labute approximate surface area is 130 Å². The van der Waals surface area contributed by atoms with E-state index in [-0.39, 0.29) is 11.8 Å². The molecule has 0 unspecified atom stereocenters. The summed E-state index contributed by atoms with van der Waals surface area (Å²) in [6, 6.07) is 0. The largest absolute Gasteiger partial charge is 0.309 e. The van der Waals surface area contributed by atoms with Crippen LogP contribution in [0.15, 0.2) is 29.3 Å². The molecule has 1 rings (SSSR count). The summed E-state index contributed by atoms with van der Waals surface area (Å²) in [6.07, 6.45) is 4.08. The van der Waals surface area contributed by atoms with E-state index < -0.39 is 5.83 Å². The smallest absolute Gasteiger partial charge is 0.229 e. The van der Waals surface area contributed by atoms with Crippen molar-refractivity contribution in [1.82, 2.24) is 9.78 Å². The number of halogens is 1. The number of rotatable bonds is 6. The lowest BCUT2D eigenvalue weighted by Gasteiger charge is -2.22. The number of allylic oxidation sites excluding steroid dienone is 3. The number of carbonyl (C=O) groups excluding carboxylic acids is 1. The van der Waals surface area contributed by atoms with Gasteiger partial charge in [-0.15, -0.1) is 0 Å². The predicted molar refractivity (Wildman–Crippen MR) is 88.5 cm³/mol. The second-order valence-corrected chi connectivity index (χ2v) is 5.26. The van der Waals surface area contributed by atoms with Gasteiger partial charge in [0.15, 0.2) is 0 Å². The Morgan fingerprint density at radius 2 is 2.23 bits per heavy atom. The molecular weight excluding hydrogens is 283 g/mol. The lowest BCUT2D eigenvalue weighted by atomic mass is 10.2. The maximum atomic E-state index is 13.5. The van der Waals surface area contributed by atoms with Gasteiger partial charge < -0.3 is 4.90 Å². The van der Waals surface area contributed by atoms with Gasteiger partial charge in [-0.2, -0.15) is 5.10 Å². The lowest BCUT2D eigenvalue weighted by molar-refractivity contribution is -0.121. The van der Waals surface area contributed by atoms with Crippen LogP contribution in [0.5, 0.6) is 0 Å². The fraction of sp³-hybridized carbons (Fsp3) is 0.438. The lowest BCUT2D eigenvalue weighted by Crippen LogP contribution is -2.34. The molecule has 6 heteroatoms. The van der Waals surface area contributed by atoms with E-state index >= 15 is 0 Å². The Kier molecular flexibility index (Phi) is 6.22. The molecule has 0 aliphatic heterocycles. The molecule has 0 radical (unpaired) electrons. The quantitative estimate of drug-likeness (QED) is 0.596. The minimum Gasteiger partial charge on any atom is -0.309 e. The highest BCUT2D eigenvalue weighted by molar-refractivity contribution is 5.95. The molecule has 0 aliphatic rings. The molecule has 0 N–H and O–H groups in total. The Morgan fingerprint density at radius 3 is 2.73 bits per heavy atom. The molecule has 5 nitrogen and oxygen atoms in total. The zero-order chi connectivity index (χ0) is 16.9. The molecule has 0 spiro atoms. The van der Waals surface area contributed by atoms with Crippen LogP contribution in [-0.2, 0) is 4.79 Å². The third-order valence-electron chi connectivity index (χ3n) is 3.16. The van der Waals surface area contributed by atoms with Crippen molar-refractivity contribution in [2.24, 2.45) is 10.9 Å². The third kappa shape index (κ3) is 4.13. The van der Waals surface area contributed by atoms with E-state index in [2.05, 4.69) is 16.8 Å². The number of amides is 1. The molecule has 120 valence electrons. The molecule has 0 aliphatic carbocycles. The van der Waals surface area contributed by atoms with Gasteiger partial charge in [-0.1, -0.05) is 13.8 Å². The monoisotopic (exact) mass is 306 g/mol. The fourth-order valence-electron chi connectivity index (χ4n) is 2.04. The van der Waals surface area contributed by atoms with E-state index in [4.69, 9.17) is 0 Å². The molecule has 0 aromatic carbocycles. The van der Waals surface area contributed by atoms with Crippen molar-refractivity contribution in [2.75, 3.05) is 11.4 Å². The van der Waals surface area contributed by atoms with Crippen molar-refractivity contribution >= 4 is 24.0 Å². The molecule has 0 bridgehead atoms. The number of nitrogens with zero attached hydrogens (tertiary/aromatic N) is 4. The molecule has 0 saturated heterocycles. The number of aromatic nitrogens is 2. The van der Waals surface area contributed by atoms with Crippen LogP contribution >= 0.6 is 0 Å². The fourth-order valence-corrected chi connectivity index (χ4v) is 2.04. The van der Waals surface area contributed by atoms with Crippen LogP contribution in [0.25, 0.3) is 5.70 Å². The molecular formula is C16H23FN4O. The van der Waals surface area contributed by atoms with Crippen molar-refractivity contribution in [2.45, 2.75) is 34.6 Å². The number of anilines is 1. The summed E-state index contributed by atoms with van der Waals surface area (Å²) in [5.74, 6) is -0.570. The van der Waals surface area contributed by atoms with Crippen LogP contribution in [0.3, 0.4) is 0 Å². The molecule has 0 atom stereocenters. The highest BCUT2D eigenvalue weighted by Crippen LogP contribution is 2.22. The maximum Gasteiger partial charge on any atom is 0.229 e. The minimum absolute atomic E-state index is 0.0358. The zero-order valence-corrected chi connectivity index (χ0v) is 13.8. The van der Waals surface area contributed by atoms with E-state index in [1.165, 1.54) is 6.08 Å². The van der Waals surface area contributed by atoms with Crippen molar-refractivity contribution in [3.05, 3.63) is 30.0 Å². The van der Waals surface area contributed by atoms with Gasteiger partial charge in [0.1, 0.15) is 5.83 Å². The first-order valence-corrected chi connectivity index (χ1v) is 7.19. The SMILES string of the molecule is C=N/C=C(F)\C=C(/C)n1cc(N(CC)C(=O)C(C)C)c(C)n1. The van der Waals surface area contributed by atoms with Gasteiger partial charge in [-0.05, 0) is 33.6 Å². The number of aliphatic imine (C=N–C) groups is 1. The Hall–Kier alpha value is -2.24. The second-order valence-electron chi connectivity index (χ2n) is 5.26. The molecule has 0 saturated carbocycles. The summed E-state index contributed by atoms with van der Waals surface area (Å²) < 4.78 is 15.0. The van der Waals surface area contributed by atoms with Gasteiger partial charge in [-0.3, -0.25) is 9.79 Å². The van der Waals surface area contributed by atoms with Crippen molar-refractivity contribution in [1.29, 1.82) is 0 Å². The number of aryl methyl sites for hydroxylation is 1. The average molecular weight is 306 g/mol. The van der Waals surface area contributed by atoms with Crippen LogP contribution in [-0.4, -0.2) is 28.9 Å². The number of hydrogen-bond donors (Lipinski definition) is 0. The molecule has 1 aromatic rings. The first-order valence-electron chi connectivity index (χ1n) is 7.19. The van der Waals surface area contributed by atoms with Crippen molar-refractivity contribution < 1.29 is 9.18 Å². The normalized spacial score (nSPS) is 12.7. The summed E-state index contributed by atoms with van der Waals surface area (Å²) in [4.78, 5) is 17.3. The van der Waals surface area contributed by atoms with E-state index in [9.17, 15) is 9.18 Å². The Balaban J connectivity index is 3.18. The molecule has 0 fully saturated rings. The van der Waals surface area contributed by atoms with Crippen LogP contribution in [0.4, 0.5) is 10.1 Å². The van der Waals surface area contributed by atoms with Gasteiger partial charge >= 0.3 is 0 Å². The summed E-state index contributed by atoms with van der Waals surface area (Å²) in [7, 11) is 0. The standard InChI is InChI=1S/C16H23FN4O/c1-7-20(16(22)11(2)3)15-10-21(19-13(15)5)12(4)8-14(17)9-18-6/h8-11H,6-7H2,1-5H3/b12-8+,14-9+. The van der Waals surface area contributed by atoms with Crippen LogP contribution in [0, 0.1) is 12.8 Å². The third-order valence-corrected chi connectivity index (χ3v) is 3.16. The van der Waals surface area contributed by atoms with Gasteiger partial charge in [0, 0.05) is 18.2 Å². The minimum atomic E-state index is -0.507. The van der Waals surface area contributed by atoms with E-state index in [0.717, 1.165) is 17.6 Å². The second kappa shape index (κ2) is 7.68. The summed E-state index contributed by atoms with van der Waals surface area (Å²) in [5.41, 5.74) is 2.04. The van der Waals surface area contributed by atoms with E-state index in [1.54, 1.807) is 22.7 Å². The van der Waals surface area contributed by atoms with Crippen molar-refractivity contribution in [3.63, 3.8) is 0 Å². The molecule has 22 heavy (non-hydrogen) atoms.